The molecular weight excluding hydrogens is 258 g/mol. The van der Waals surface area contributed by atoms with E-state index in [4.69, 9.17) is 0 Å². The fourth-order valence-corrected chi connectivity index (χ4v) is 3.61. The summed E-state index contributed by atoms with van der Waals surface area (Å²) < 4.78 is 0. The Morgan fingerprint density at radius 1 is 1.32 bits per heavy atom. The number of carbonyl (C=O) groups is 1. The van der Waals surface area contributed by atoms with Gasteiger partial charge in [-0.15, -0.1) is 11.8 Å². The Morgan fingerprint density at radius 2 is 2.05 bits per heavy atom. The second kappa shape index (κ2) is 4.49. The number of thioether (sulfide) groups is 1. The predicted molar refractivity (Wildman–Crippen MR) is 79.9 cm³/mol. The topological polar surface area (TPSA) is 45.0 Å². The lowest BCUT2D eigenvalue weighted by Gasteiger charge is -2.23. The van der Waals surface area contributed by atoms with Crippen LogP contribution in [0.5, 0.6) is 0 Å². The number of aliphatic imine (C=N–C) groups is 1. The molecule has 0 saturated heterocycles. The van der Waals surface area contributed by atoms with E-state index in [0.717, 1.165) is 22.9 Å². The minimum absolute atomic E-state index is 0.0294. The van der Waals surface area contributed by atoms with E-state index in [1.165, 1.54) is 5.01 Å². The molecule has 0 saturated carbocycles. The number of rotatable bonds is 1. The van der Waals surface area contributed by atoms with Gasteiger partial charge in [0.05, 0.1) is 16.4 Å². The first-order valence-corrected chi connectivity index (χ1v) is 7.47. The Bertz CT molecular complexity index is 582. The molecule has 0 fully saturated rings. The van der Waals surface area contributed by atoms with Gasteiger partial charge in [-0.25, -0.2) is 0 Å². The van der Waals surface area contributed by atoms with Crippen LogP contribution in [0, 0.1) is 5.41 Å². The van der Waals surface area contributed by atoms with Crippen LogP contribution >= 0.6 is 11.8 Å². The Morgan fingerprint density at radius 3 is 2.74 bits per heavy atom. The molecule has 0 N–H and O–H groups in total. The third-order valence-electron chi connectivity index (χ3n) is 3.73. The molecule has 2 heterocycles. The fraction of sp³-hybridized carbons (Fsp3) is 0.357. The van der Waals surface area contributed by atoms with E-state index < -0.39 is 5.41 Å². The summed E-state index contributed by atoms with van der Waals surface area (Å²) in [5.41, 5.74) is 1.07. The molecule has 4 nitrogen and oxygen atoms in total. The minimum Gasteiger partial charge on any atom is -0.281 e. The summed E-state index contributed by atoms with van der Waals surface area (Å²) in [6.45, 7) is 2.63. The van der Waals surface area contributed by atoms with Crippen LogP contribution in [0.15, 0.2) is 40.4 Å². The molecular formula is C14H15N3OS. The maximum absolute atomic E-state index is 12.8. The van der Waals surface area contributed by atoms with Gasteiger partial charge in [-0.1, -0.05) is 18.2 Å². The summed E-state index contributed by atoms with van der Waals surface area (Å²) in [6.07, 6.45) is 2.71. The lowest BCUT2D eigenvalue weighted by molar-refractivity contribution is -0.121. The highest BCUT2D eigenvalue weighted by Crippen LogP contribution is 2.42. The van der Waals surface area contributed by atoms with Crippen molar-refractivity contribution in [1.29, 1.82) is 0 Å². The number of hydrogen-bond donors (Lipinski definition) is 0. The number of nitrogens with zero attached hydrogens (tertiary/aromatic N) is 3. The van der Waals surface area contributed by atoms with Crippen LogP contribution < -0.4 is 5.01 Å². The number of amides is 1. The van der Waals surface area contributed by atoms with Crippen molar-refractivity contribution in [2.45, 2.75) is 13.3 Å². The molecule has 2 aliphatic rings. The highest BCUT2D eigenvalue weighted by molar-refractivity contribution is 8.13. The summed E-state index contributed by atoms with van der Waals surface area (Å²) in [5, 5.41) is 6.90. The van der Waals surface area contributed by atoms with Gasteiger partial charge in [-0.2, -0.15) is 10.1 Å². The fourth-order valence-electron chi connectivity index (χ4n) is 2.70. The van der Waals surface area contributed by atoms with E-state index in [1.54, 1.807) is 11.8 Å². The van der Waals surface area contributed by atoms with Gasteiger partial charge in [0.2, 0.25) is 0 Å². The van der Waals surface area contributed by atoms with E-state index in [0.29, 0.717) is 6.54 Å². The van der Waals surface area contributed by atoms with Crippen molar-refractivity contribution in [2.75, 3.05) is 17.8 Å². The van der Waals surface area contributed by atoms with Crippen molar-refractivity contribution in [1.82, 2.24) is 0 Å². The first-order chi connectivity index (χ1) is 9.20. The van der Waals surface area contributed by atoms with Gasteiger partial charge in [-0.3, -0.25) is 9.79 Å². The Balaban J connectivity index is 2.03. The zero-order chi connectivity index (χ0) is 13.5. The molecule has 0 aromatic heterocycles. The molecule has 3 rings (SSSR count). The Labute approximate surface area is 116 Å². The van der Waals surface area contributed by atoms with Crippen molar-refractivity contribution in [2.24, 2.45) is 15.5 Å². The van der Waals surface area contributed by atoms with Crippen molar-refractivity contribution in [3.05, 3.63) is 30.3 Å². The summed E-state index contributed by atoms with van der Waals surface area (Å²) >= 11 is 1.55. The number of anilines is 1. The van der Waals surface area contributed by atoms with E-state index in [9.17, 15) is 4.79 Å². The number of para-hydroxylation sites is 1. The molecule has 1 aromatic rings. The van der Waals surface area contributed by atoms with Crippen LogP contribution in [0.25, 0.3) is 0 Å². The van der Waals surface area contributed by atoms with Gasteiger partial charge in [0.15, 0.2) is 0 Å². The summed E-state index contributed by atoms with van der Waals surface area (Å²) in [4.78, 5) is 17.3. The smallest absolute Gasteiger partial charge is 0.266 e. The van der Waals surface area contributed by atoms with E-state index >= 15 is 0 Å². The van der Waals surface area contributed by atoms with Crippen LogP contribution in [0.1, 0.15) is 13.3 Å². The highest BCUT2D eigenvalue weighted by Gasteiger charge is 2.54. The molecule has 1 unspecified atom stereocenters. The third-order valence-corrected chi connectivity index (χ3v) is 4.59. The average molecular weight is 273 g/mol. The summed E-state index contributed by atoms with van der Waals surface area (Å²) in [5.74, 6) is 0.0294. The van der Waals surface area contributed by atoms with E-state index in [1.807, 2.05) is 43.5 Å². The zero-order valence-corrected chi connectivity index (χ0v) is 11.8. The molecule has 0 radical (unpaired) electrons. The normalized spacial score (nSPS) is 26.0. The van der Waals surface area contributed by atoms with Gasteiger partial charge in [-0.05, 0) is 31.7 Å². The van der Waals surface area contributed by atoms with E-state index in [2.05, 4.69) is 10.1 Å². The first-order valence-electron chi connectivity index (χ1n) is 6.24. The maximum Gasteiger partial charge on any atom is 0.266 e. The first kappa shape index (κ1) is 12.4. The predicted octanol–water partition coefficient (Wildman–Crippen LogP) is 2.56. The molecule has 1 amide bonds. The van der Waals surface area contributed by atoms with Gasteiger partial charge in [0.25, 0.3) is 5.91 Å². The van der Waals surface area contributed by atoms with Crippen LogP contribution in [-0.2, 0) is 4.79 Å². The van der Waals surface area contributed by atoms with Crippen molar-refractivity contribution >= 4 is 34.1 Å². The minimum atomic E-state index is -0.602. The summed E-state index contributed by atoms with van der Waals surface area (Å²) in [6, 6.07) is 9.56. The maximum atomic E-state index is 12.8. The molecule has 1 atom stereocenters. The van der Waals surface area contributed by atoms with Crippen LogP contribution in [0.2, 0.25) is 0 Å². The molecule has 98 valence electrons. The average Bonchev–Trinajstić information content (AvgIpc) is 2.98. The van der Waals surface area contributed by atoms with Gasteiger partial charge in [0.1, 0.15) is 5.41 Å². The van der Waals surface area contributed by atoms with Crippen molar-refractivity contribution in [3.8, 4) is 0 Å². The monoisotopic (exact) mass is 273 g/mol. The SMILES string of the molecule is CSC1=NCCC12C(=O)N(c1ccccc1)N=C2C. The quantitative estimate of drug-likeness (QED) is 0.789. The van der Waals surface area contributed by atoms with Crippen LogP contribution in [0.4, 0.5) is 5.69 Å². The molecule has 0 aliphatic carbocycles. The largest absolute Gasteiger partial charge is 0.281 e. The zero-order valence-electron chi connectivity index (χ0n) is 11.0. The lowest BCUT2D eigenvalue weighted by Crippen LogP contribution is -2.42. The van der Waals surface area contributed by atoms with Crippen molar-refractivity contribution in [3.63, 3.8) is 0 Å². The summed E-state index contributed by atoms with van der Waals surface area (Å²) in [7, 11) is 0. The molecule has 1 spiro atoms. The number of hydrogen-bond acceptors (Lipinski definition) is 4. The molecule has 1 aromatic carbocycles. The van der Waals surface area contributed by atoms with Gasteiger partial charge >= 0.3 is 0 Å². The molecule has 2 aliphatic heterocycles. The van der Waals surface area contributed by atoms with Crippen LogP contribution in [-0.4, -0.2) is 29.5 Å². The lowest BCUT2D eigenvalue weighted by atomic mass is 9.82. The van der Waals surface area contributed by atoms with Crippen molar-refractivity contribution < 1.29 is 4.79 Å². The number of hydrazone groups is 1. The molecule has 0 bridgehead atoms. The molecule has 19 heavy (non-hydrogen) atoms. The Hall–Kier alpha value is -1.62. The number of benzene rings is 1. The van der Waals surface area contributed by atoms with Gasteiger partial charge in [0, 0.05) is 6.54 Å². The Kier molecular flexibility index (Phi) is 2.93. The van der Waals surface area contributed by atoms with Crippen LogP contribution in [0.3, 0.4) is 0 Å². The van der Waals surface area contributed by atoms with E-state index in [-0.39, 0.29) is 5.91 Å². The second-order valence-corrected chi connectivity index (χ2v) is 5.48. The number of carbonyl (C=O) groups excluding carboxylic acids is 1. The highest BCUT2D eigenvalue weighted by atomic mass is 32.2. The third kappa shape index (κ3) is 1.64. The second-order valence-electron chi connectivity index (χ2n) is 4.68. The molecule has 5 heteroatoms. The standard InChI is InChI=1S/C14H15N3OS/c1-10-14(8-9-15-12(14)19-2)13(18)17(16-10)11-6-4-3-5-7-11/h3-7H,8-9H2,1-2H3. The van der Waals surface area contributed by atoms with Gasteiger partial charge < -0.3 is 0 Å².